The molecule has 0 radical (unpaired) electrons. The number of carbonyl (C=O) groups excluding carboxylic acids is 1. The second kappa shape index (κ2) is 12.2. The molecule has 42 heavy (non-hydrogen) atoms. The SMILES string of the molecule is COc1cc(NC(C(=O)N2CCc3ccc(OC(F)(F)F)cc32)c2ccc(Cl)cc2)cc(C(C)=NOC(C)(C)C#N)c1. The monoisotopic (exact) mass is 600 g/mol. The van der Waals surface area contributed by atoms with Crippen LogP contribution in [0.15, 0.2) is 65.8 Å². The molecule has 0 saturated heterocycles. The van der Waals surface area contributed by atoms with Crippen molar-refractivity contribution in [1.82, 2.24) is 0 Å². The number of anilines is 2. The predicted molar refractivity (Wildman–Crippen MR) is 153 cm³/mol. The molecule has 220 valence electrons. The predicted octanol–water partition coefficient (Wildman–Crippen LogP) is 7.03. The van der Waals surface area contributed by atoms with Gasteiger partial charge in [0, 0.05) is 35.0 Å². The minimum absolute atomic E-state index is 0.274. The lowest BCUT2D eigenvalue weighted by atomic mass is 10.0. The number of hydrogen-bond donors (Lipinski definition) is 1. The van der Waals surface area contributed by atoms with Gasteiger partial charge >= 0.3 is 6.36 Å². The first-order valence-corrected chi connectivity index (χ1v) is 13.2. The molecule has 3 aromatic carbocycles. The summed E-state index contributed by atoms with van der Waals surface area (Å²) in [6.07, 6.45) is -4.39. The summed E-state index contributed by atoms with van der Waals surface area (Å²) in [6.45, 7) is 5.14. The van der Waals surface area contributed by atoms with Crippen LogP contribution in [0.2, 0.25) is 5.02 Å². The highest BCUT2D eigenvalue weighted by Crippen LogP contribution is 2.36. The zero-order chi connectivity index (χ0) is 30.7. The molecule has 0 saturated carbocycles. The molecule has 1 amide bonds. The highest BCUT2D eigenvalue weighted by Gasteiger charge is 2.34. The van der Waals surface area contributed by atoms with E-state index in [1.165, 1.54) is 30.2 Å². The fourth-order valence-corrected chi connectivity index (χ4v) is 4.44. The third-order valence-corrected chi connectivity index (χ3v) is 6.71. The van der Waals surface area contributed by atoms with Gasteiger partial charge in [0.05, 0.1) is 18.5 Å². The lowest BCUT2D eigenvalue weighted by molar-refractivity contribution is -0.274. The molecule has 12 heteroatoms. The highest BCUT2D eigenvalue weighted by atomic mass is 35.5. The van der Waals surface area contributed by atoms with Crippen LogP contribution in [0.5, 0.6) is 11.5 Å². The number of hydrogen-bond acceptors (Lipinski definition) is 7. The van der Waals surface area contributed by atoms with Crippen LogP contribution in [-0.4, -0.2) is 37.2 Å². The van der Waals surface area contributed by atoms with Crippen LogP contribution >= 0.6 is 11.6 Å². The number of nitrogens with zero attached hydrogens (tertiary/aromatic N) is 3. The van der Waals surface area contributed by atoms with Gasteiger partial charge in [-0.1, -0.05) is 35.0 Å². The standard InChI is InChI=1S/C30H28ClF3N4O4/c1-18(37-42-29(2,3)17-35)21-13-23(15-25(14-21)40-4)36-27(20-5-8-22(31)9-6-20)28(39)38-12-11-19-7-10-24(16-26(19)38)41-30(32,33)34/h5-10,13-16,27,36H,11-12H2,1-4H3. The molecule has 0 aromatic heterocycles. The summed E-state index contributed by atoms with van der Waals surface area (Å²) >= 11 is 6.10. The van der Waals surface area contributed by atoms with E-state index in [2.05, 4.69) is 15.2 Å². The van der Waals surface area contributed by atoms with Gasteiger partial charge in [0.15, 0.2) is 0 Å². The van der Waals surface area contributed by atoms with Crippen LogP contribution in [0.4, 0.5) is 24.5 Å². The average molecular weight is 601 g/mol. The number of halogens is 4. The number of oxime groups is 1. The van der Waals surface area contributed by atoms with E-state index in [-0.39, 0.29) is 6.54 Å². The van der Waals surface area contributed by atoms with Crippen molar-refractivity contribution in [3.05, 3.63) is 82.4 Å². The molecule has 1 heterocycles. The fraction of sp³-hybridized carbons (Fsp3) is 0.300. The van der Waals surface area contributed by atoms with Crippen LogP contribution in [0, 0.1) is 11.3 Å². The van der Waals surface area contributed by atoms with Crippen LogP contribution in [0.3, 0.4) is 0 Å². The number of nitrogens with one attached hydrogen (secondary N) is 1. The number of nitriles is 1. The maximum atomic E-state index is 14.1. The Morgan fingerprint density at radius 3 is 2.45 bits per heavy atom. The van der Waals surface area contributed by atoms with E-state index < -0.39 is 29.7 Å². The van der Waals surface area contributed by atoms with Gasteiger partial charge in [-0.25, -0.2) is 0 Å². The van der Waals surface area contributed by atoms with Crippen molar-refractivity contribution in [2.45, 2.75) is 45.2 Å². The van der Waals surface area contributed by atoms with E-state index in [9.17, 15) is 23.2 Å². The van der Waals surface area contributed by atoms with Crippen molar-refractivity contribution in [2.24, 2.45) is 5.16 Å². The first-order chi connectivity index (χ1) is 19.8. The number of methoxy groups -OCH3 is 1. The Bertz CT molecular complexity index is 1530. The molecular weight excluding hydrogens is 573 g/mol. The van der Waals surface area contributed by atoms with Gasteiger partial charge in [0.1, 0.15) is 23.6 Å². The van der Waals surface area contributed by atoms with Gasteiger partial charge in [-0.3, -0.25) is 4.79 Å². The Balaban J connectivity index is 1.70. The minimum Gasteiger partial charge on any atom is -0.497 e. The molecule has 1 unspecified atom stereocenters. The summed E-state index contributed by atoms with van der Waals surface area (Å²) in [5, 5.41) is 17.0. The molecule has 3 aromatic rings. The van der Waals surface area contributed by atoms with E-state index in [0.29, 0.717) is 45.4 Å². The zero-order valence-corrected chi connectivity index (χ0v) is 24.0. The second-order valence-corrected chi connectivity index (χ2v) is 10.5. The van der Waals surface area contributed by atoms with Crippen LogP contribution < -0.4 is 19.7 Å². The Hall–Kier alpha value is -4.43. The second-order valence-electron chi connectivity index (χ2n) is 10.0. The van der Waals surface area contributed by atoms with Crippen LogP contribution in [0.1, 0.15) is 43.5 Å². The molecule has 0 aliphatic carbocycles. The molecule has 0 fully saturated rings. The molecule has 0 bridgehead atoms. The number of rotatable bonds is 9. The van der Waals surface area contributed by atoms with Crippen molar-refractivity contribution in [3.63, 3.8) is 0 Å². The number of benzene rings is 3. The van der Waals surface area contributed by atoms with Crippen molar-refractivity contribution >= 4 is 34.6 Å². The molecule has 8 nitrogen and oxygen atoms in total. The lowest BCUT2D eigenvalue weighted by Crippen LogP contribution is -2.37. The van der Waals surface area contributed by atoms with E-state index in [0.717, 1.165) is 5.56 Å². The molecule has 1 aliphatic heterocycles. The molecule has 1 atom stereocenters. The Morgan fingerprint density at radius 2 is 1.81 bits per heavy atom. The first kappa shape index (κ1) is 30.5. The first-order valence-electron chi connectivity index (χ1n) is 12.8. The van der Waals surface area contributed by atoms with Gasteiger partial charge in [0.25, 0.3) is 5.91 Å². The van der Waals surface area contributed by atoms with Crippen molar-refractivity contribution in [3.8, 4) is 17.6 Å². The molecule has 4 rings (SSSR count). The average Bonchev–Trinajstić information content (AvgIpc) is 3.37. The summed E-state index contributed by atoms with van der Waals surface area (Å²) in [5.41, 5.74) is 2.07. The lowest BCUT2D eigenvalue weighted by Gasteiger charge is -2.27. The summed E-state index contributed by atoms with van der Waals surface area (Å²) < 4.78 is 48.2. The Kier molecular flexibility index (Phi) is 8.87. The van der Waals surface area contributed by atoms with Gasteiger partial charge in [-0.15, -0.1) is 13.2 Å². The quantitative estimate of drug-likeness (QED) is 0.209. The summed E-state index contributed by atoms with van der Waals surface area (Å²) in [6, 6.07) is 16.9. The van der Waals surface area contributed by atoms with E-state index >= 15 is 0 Å². The third-order valence-electron chi connectivity index (χ3n) is 6.45. The van der Waals surface area contributed by atoms with Crippen LogP contribution in [-0.2, 0) is 16.1 Å². The minimum atomic E-state index is -4.87. The molecule has 0 spiro atoms. The molecule has 1 aliphatic rings. The van der Waals surface area contributed by atoms with Gasteiger partial charge < -0.3 is 24.5 Å². The van der Waals surface area contributed by atoms with E-state index in [1.807, 2.05) is 6.07 Å². The van der Waals surface area contributed by atoms with Gasteiger partial charge in [-0.2, -0.15) is 5.26 Å². The molecule has 1 N–H and O–H groups in total. The maximum Gasteiger partial charge on any atom is 0.573 e. The number of ether oxygens (including phenoxy) is 2. The number of fused-ring (bicyclic) bond motifs is 1. The molecular formula is C30H28ClF3N4O4. The third kappa shape index (κ3) is 7.44. The number of amides is 1. The number of carbonyl (C=O) groups is 1. The van der Waals surface area contributed by atoms with Crippen molar-refractivity contribution < 1.29 is 32.3 Å². The topological polar surface area (TPSA) is 96.2 Å². The Morgan fingerprint density at radius 1 is 1.10 bits per heavy atom. The van der Waals surface area contributed by atoms with Gasteiger partial charge in [-0.05, 0) is 68.7 Å². The van der Waals surface area contributed by atoms with E-state index in [1.54, 1.807) is 63.2 Å². The normalized spacial score (nSPS) is 14.1. The number of alkyl halides is 3. The maximum absolute atomic E-state index is 14.1. The fourth-order valence-electron chi connectivity index (χ4n) is 4.32. The Labute approximate surface area is 246 Å². The van der Waals surface area contributed by atoms with Crippen molar-refractivity contribution in [2.75, 3.05) is 23.9 Å². The smallest absolute Gasteiger partial charge is 0.497 e. The summed E-state index contributed by atoms with van der Waals surface area (Å²) in [4.78, 5) is 20.9. The zero-order valence-electron chi connectivity index (χ0n) is 23.3. The summed E-state index contributed by atoms with van der Waals surface area (Å²) in [7, 11) is 1.49. The summed E-state index contributed by atoms with van der Waals surface area (Å²) in [5.74, 6) is -0.341. The van der Waals surface area contributed by atoms with Crippen molar-refractivity contribution in [1.29, 1.82) is 5.26 Å². The van der Waals surface area contributed by atoms with E-state index in [4.69, 9.17) is 21.2 Å². The van der Waals surface area contributed by atoms with Gasteiger partial charge in [0.2, 0.25) is 5.60 Å². The highest BCUT2D eigenvalue weighted by molar-refractivity contribution is 6.30. The largest absolute Gasteiger partial charge is 0.573 e. The van der Waals surface area contributed by atoms with Crippen LogP contribution in [0.25, 0.3) is 0 Å².